The Hall–Kier alpha value is -1.56. The molecule has 0 aliphatic rings. The van der Waals surface area contributed by atoms with Gasteiger partial charge in [0.2, 0.25) is 0 Å². The van der Waals surface area contributed by atoms with E-state index in [1.54, 1.807) is 0 Å². The SMILES string of the molecule is C#C/C(CN(CCN(C)C)CC(/C=C\CC)=C/C)=C(C)\C(C)=C/C. The zero-order chi connectivity index (χ0) is 18.5. The van der Waals surface area contributed by atoms with Crippen LogP contribution in [0.5, 0.6) is 0 Å². The van der Waals surface area contributed by atoms with Gasteiger partial charge in [-0.05, 0) is 59.4 Å². The van der Waals surface area contributed by atoms with E-state index >= 15 is 0 Å². The average Bonchev–Trinajstić information content (AvgIpc) is 2.58. The quantitative estimate of drug-likeness (QED) is 0.424. The summed E-state index contributed by atoms with van der Waals surface area (Å²) in [6.07, 6.45) is 15.6. The van der Waals surface area contributed by atoms with Crippen molar-refractivity contribution in [3.05, 3.63) is 46.6 Å². The lowest BCUT2D eigenvalue weighted by Gasteiger charge is -2.25. The van der Waals surface area contributed by atoms with Gasteiger partial charge in [-0.25, -0.2) is 0 Å². The minimum absolute atomic E-state index is 0.818. The summed E-state index contributed by atoms with van der Waals surface area (Å²) in [4.78, 5) is 4.66. The maximum absolute atomic E-state index is 5.81. The topological polar surface area (TPSA) is 6.48 Å². The molecule has 0 saturated carbocycles. The smallest absolute Gasteiger partial charge is 0.0320 e. The van der Waals surface area contributed by atoms with Crippen LogP contribution in [0.25, 0.3) is 0 Å². The molecule has 0 atom stereocenters. The molecule has 2 heteroatoms. The second kappa shape index (κ2) is 12.8. The molecule has 0 N–H and O–H groups in total. The number of nitrogens with zero attached hydrogens (tertiary/aromatic N) is 2. The Labute approximate surface area is 150 Å². The third-order valence-electron chi connectivity index (χ3n) is 4.24. The van der Waals surface area contributed by atoms with Crippen LogP contribution in [-0.2, 0) is 0 Å². The Morgan fingerprint density at radius 1 is 1.04 bits per heavy atom. The minimum Gasteiger partial charge on any atom is -0.308 e. The average molecular weight is 329 g/mol. The van der Waals surface area contributed by atoms with Gasteiger partial charge in [-0.3, -0.25) is 4.90 Å². The number of rotatable bonds is 10. The third-order valence-corrected chi connectivity index (χ3v) is 4.24. The Kier molecular flexibility index (Phi) is 12.0. The van der Waals surface area contributed by atoms with Crippen molar-refractivity contribution >= 4 is 0 Å². The predicted octanol–water partition coefficient (Wildman–Crippen LogP) is 4.68. The van der Waals surface area contributed by atoms with E-state index in [4.69, 9.17) is 6.42 Å². The van der Waals surface area contributed by atoms with Crippen molar-refractivity contribution in [3.63, 3.8) is 0 Å². The molecule has 2 nitrogen and oxygen atoms in total. The molecule has 0 saturated heterocycles. The summed E-state index contributed by atoms with van der Waals surface area (Å²) in [7, 11) is 4.22. The Morgan fingerprint density at radius 2 is 1.71 bits per heavy atom. The first kappa shape index (κ1) is 22.4. The van der Waals surface area contributed by atoms with Crippen molar-refractivity contribution in [2.24, 2.45) is 0 Å². The number of allylic oxidation sites excluding steroid dienone is 5. The first-order chi connectivity index (χ1) is 11.4. The monoisotopic (exact) mass is 328 g/mol. The summed E-state index contributed by atoms with van der Waals surface area (Å²) in [5.74, 6) is 2.92. The van der Waals surface area contributed by atoms with Crippen LogP contribution in [0.3, 0.4) is 0 Å². The van der Waals surface area contributed by atoms with E-state index in [1.807, 2.05) is 0 Å². The van der Waals surface area contributed by atoms with Crippen molar-refractivity contribution in [1.29, 1.82) is 0 Å². The molecule has 0 aromatic rings. The molecular weight excluding hydrogens is 292 g/mol. The molecule has 0 fully saturated rings. The van der Waals surface area contributed by atoms with Gasteiger partial charge in [0.15, 0.2) is 0 Å². The normalized spacial score (nSPS) is 14.5. The van der Waals surface area contributed by atoms with Gasteiger partial charge >= 0.3 is 0 Å². The van der Waals surface area contributed by atoms with Crippen LogP contribution in [0.2, 0.25) is 0 Å². The third kappa shape index (κ3) is 8.91. The van der Waals surface area contributed by atoms with Crippen molar-refractivity contribution in [1.82, 2.24) is 9.80 Å². The summed E-state index contributed by atoms with van der Waals surface area (Å²) in [5.41, 5.74) is 4.90. The minimum atomic E-state index is 0.818. The molecule has 0 aromatic carbocycles. The molecule has 0 amide bonds. The highest BCUT2D eigenvalue weighted by atomic mass is 15.2. The molecular formula is C22H36N2. The molecule has 134 valence electrons. The summed E-state index contributed by atoms with van der Waals surface area (Å²) in [6.45, 7) is 14.3. The first-order valence-electron chi connectivity index (χ1n) is 8.87. The van der Waals surface area contributed by atoms with Crippen molar-refractivity contribution in [3.8, 4) is 12.3 Å². The maximum atomic E-state index is 5.81. The highest BCUT2D eigenvalue weighted by Crippen LogP contribution is 2.15. The predicted molar refractivity (Wildman–Crippen MR) is 109 cm³/mol. The molecule has 0 spiro atoms. The molecule has 0 rings (SSSR count). The zero-order valence-corrected chi connectivity index (χ0v) is 16.8. The second-order valence-corrected chi connectivity index (χ2v) is 6.41. The fraction of sp³-hybridized carbons (Fsp3) is 0.545. The molecule has 0 aromatic heterocycles. The van der Waals surface area contributed by atoms with Crippen molar-refractivity contribution in [2.45, 2.75) is 41.0 Å². The van der Waals surface area contributed by atoms with Crippen LogP contribution in [-0.4, -0.2) is 50.1 Å². The van der Waals surface area contributed by atoms with Gasteiger partial charge in [-0.2, -0.15) is 0 Å². The summed E-state index contributed by atoms with van der Waals surface area (Å²) < 4.78 is 0. The van der Waals surface area contributed by atoms with E-state index < -0.39 is 0 Å². The van der Waals surface area contributed by atoms with E-state index in [2.05, 4.69) is 88.7 Å². The largest absolute Gasteiger partial charge is 0.308 e. The van der Waals surface area contributed by atoms with E-state index in [1.165, 1.54) is 16.7 Å². The molecule has 0 radical (unpaired) electrons. The lowest BCUT2D eigenvalue weighted by Crippen LogP contribution is -2.34. The van der Waals surface area contributed by atoms with Gasteiger partial charge in [-0.15, -0.1) is 6.42 Å². The zero-order valence-electron chi connectivity index (χ0n) is 16.8. The van der Waals surface area contributed by atoms with Gasteiger partial charge in [0.05, 0.1) is 0 Å². The lowest BCUT2D eigenvalue weighted by molar-refractivity contribution is 0.275. The lowest BCUT2D eigenvalue weighted by atomic mass is 10.0. The van der Waals surface area contributed by atoms with Crippen LogP contribution < -0.4 is 0 Å². The first-order valence-corrected chi connectivity index (χ1v) is 8.87. The second-order valence-electron chi connectivity index (χ2n) is 6.41. The van der Waals surface area contributed by atoms with E-state index in [0.717, 1.165) is 38.2 Å². The molecule has 0 aliphatic heterocycles. The Bertz CT molecular complexity index is 525. The number of likely N-dealkylation sites (N-methyl/N-ethyl adjacent to an activating group) is 1. The van der Waals surface area contributed by atoms with Gasteiger partial charge < -0.3 is 4.90 Å². The number of terminal acetylenes is 1. The van der Waals surface area contributed by atoms with Crippen LogP contribution >= 0.6 is 0 Å². The molecule has 0 unspecified atom stereocenters. The van der Waals surface area contributed by atoms with Crippen LogP contribution in [0, 0.1) is 12.3 Å². The highest BCUT2D eigenvalue weighted by Gasteiger charge is 2.11. The van der Waals surface area contributed by atoms with E-state index in [9.17, 15) is 0 Å². The van der Waals surface area contributed by atoms with Crippen LogP contribution in [0.15, 0.2) is 46.6 Å². The highest BCUT2D eigenvalue weighted by molar-refractivity contribution is 5.41. The molecule has 0 heterocycles. The molecule has 24 heavy (non-hydrogen) atoms. The van der Waals surface area contributed by atoms with Crippen LogP contribution in [0.4, 0.5) is 0 Å². The fourth-order valence-electron chi connectivity index (χ4n) is 2.27. The fourth-order valence-corrected chi connectivity index (χ4v) is 2.27. The number of hydrogen-bond acceptors (Lipinski definition) is 2. The summed E-state index contributed by atoms with van der Waals surface area (Å²) in [5, 5.41) is 0. The maximum Gasteiger partial charge on any atom is 0.0320 e. The number of hydrogen-bond donors (Lipinski definition) is 0. The van der Waals surface area contributed by atoms with Gasteiger partial charge in [0.25, 0.3) is 0 Å². The van der Waals surface area contributed by atoms with Crippen LogP contribution in [0.1, 0.15) is 41.0 Å². The van der Waals surface area contributed by atoms with Gasteiger partial charge in [0.1, 0.15) is 0 Å². The van der Waals surface area contributed by atoms with Gasteiger partial charge in [-0.1, -0.05) is 42.7 Å². The van der Waals surface area contributed by atoms with E-state index in [-0.39, 0.29) is 0 Å². The van der Waals surface area contributed by atoms with Gasteiger partial charge in [0, 0.05) is 31.8 Å². The Balaban J connectivity index is 5.33. The summed E-state index contributed by atoms with van der Waals surface area (Å²) in [6, 6.07) is 0. The van der Waals surface area contributed by atoms with Crippen molar-refractivity contribution < 1.29 is 0 Å². The molecule has 0 aliphatic carbocycles. The Morgan fingerprint density at radius 3 is 2.17 bits per heavy atom. The molecule has 0 bridgehead atoms. The van der Waals surface area contributed by atoms with Crippen molar-refractivity contribution in [2.75, 3.05) is 40.3 Å². The van der Waals surface area contributed by atoms with E-state index in [0.29, 0.717) is 0 Å². The summed E-state index contributed by atoms with van der Waals surface area (Å²) >= 11 is 0. The standard InChI is InChI=1S/C22H36N2/c1-9-13-14-21(11-3)17-24(16-15-23(7)8)18-22(12-4)20(6)19(5)10-2/h4,10-11,13-14H,9,15-18H2,1-3,5-8H3/b14-13-,19-10-,21-11+,22-20+.